The number of hydrogen-bond donors (Lipinski definition) is 2. The van der Waals surface area contributed by atoms with E-state index in [0.29, 0.717) is 6.10 Å². The van der Waals surface area contributed by atoms with E-state index in [-0.39, 0.29) is 0 Å². The summed E-state index contributed by atoms with van der Waals surface area (Å²) in [7, 11) is 0. The first-order chi connectivity index (χ1) is 13.3. The van der Waals surface area contributed by atoms with Crippen molar-refractivity contribution in [3.05, 3.63) is 35.0 Å². The molecule has 0 bridgehead atoms. The molecule has 7 nitrogen and oxygen atoms in total. The zero-order chi connectivity index (χ0) is 18.2. The van der Waals surface area contributed by atoms with E-state index >= 15 is 0 Å². The molecule has 2 aliphatic rings. The van der Waals surface area contributed by atoms with E-state index in [9.17, 15) is 0 Å². The van der Waals surface area contributed by atoms with E-state index < -0.39 is 0 Å². The average Bonchev–Trinajstić information content (AvgIpc) is 3.38. The molecule has 5 rings (SSSR count). The molecule has 0 spiro atoms. The third-order valence-electron chi connectivity index (χ3n) is 5.07. The molecule has 140 valence electrons. The number of rotatable bonds is 4. The van der Waals surface area contributed by atoms with Crippen LogP contribution in [0.2, 0.25) is 0 Å². The zero-order valence-electron chi connectivity index (χ0n) is 15.2. The quantitative estimate of drug-likeness (QED) is 0.719. The Kier molecular flexibility index (Phi) is 4.29. The molecule has 0 radical (unpaired) electrons. The second-order valence-electron chi connectivity index (χ2n) is 7.04. The average molecular weight is 382 g/mol. The fourth-order valence-corrected chi connectivity index (χ4v) is 4.74. The van der Waals surface area contributed by atoms with E-state index in [2.05, 4.69) is 25.4 Å². The maximum absolute atomic E-state index is 5.84. The lowest BCUT2D eigenvalue weighted by Gasteiger charge is -2.25. The number of hydrogen-bond acceptors (Lipinski definition) is 7. The number of thiazole rings is 1. The van der Waals surface area contributed by atoms with Gasteiger partial charge in [-0.1, -0.05) is 6.07 Å². The molecule has 8 heteroatoms. The minimum atomic E-state index is 0.315. The van der Waals surface area contributed by atoms with Crippen molar-refractivity contribution in [3.63, 3.8) is 0 Å². The van der Waals surface area contributed by atoms with Crippen LogP contribution in [0.25, 0.3) is 11.3 Å². The summed E-state index contributed by atoms with van der Waals surface area (Å²) in [5.41, 5.74) is 3.08. The third kappa shape index (κ3) is 3.30. The molecular weight excluding hydrogens is 360 g/mol. The number of aromatic nitrogens is 4. The van der Waals surface area contributed by atoms with Crippen LogP contribution in [-0.2, 0) is 11.2 Å². The molecule has 1 saturated heterocycles. The highest BCUT2D eigenvalue weighted by Gasteiger charge is 2.28. The van der Waals surface area contributed by atoms with Gasteiger partial charge in [0.2, 0.25) is 0 Å². The van der Waals surface area contributed by atoms with Crippen molar-refractivity contribution in [2.45, 2.75) is 32.3 Å². The molecule has 27 heavy (non-hydrogen) atoms. The molecule has 0 amide bonds. The molecule has 1 atom stereocenters. The second-order valence-corrected chi connectivity index (χ2v) is 8.13. The van der Waals surface area contributed by atoms with Gasteiger partial charge in [-0.05, 0) is 31.9 Å². The van der Waals surface area contributed by atoms with Crippen LogP contribution in [-0.4, -0.2) is 46.0 Å². The summed E-state index contributed by atoms with van der Waals surface area (Å²) in [6.45, 7) is 4.71. The number of nitrogens with zero attached hydrogens (tertiary/aromatic N) is 4. The number of pyridine rings is 1. The second kappa shape index (κ2) is 6.94. The highest BCUT2D eigenvalue weighted by Crippen LogP contribution is 2.39. The van der Waals surface area contributed by atoms with Crippen LogP contribution in [0.5, 0.6) is 0 Å². The Bertz CT molecular complexity index is 945. The maximum atomic E-state index is 5.84. The van der Waals surface area contributed by atoms with Crippen molar-refractivity contribution in [1.82, 2.24) is 20.2 Å². The highest BCUT2D eigenvalue weighted by atomic mass is 32.1. The first kappa shape index (κ1) is 16.7. The molecule has 3 aromatic rings. The predicted octanol–water partition coefficient (Wildman–Crippen LogP) is 3.52. The van der Waals surface area contributed by atoms with E-state index in [0.717, 1.165) is 72.7 Å². The van der Waals surface area contributed by atoms with Gasteiger partial charge in [0.25, 0.3) is 0 Å². The first-order valence-corrected chi connectivity index (χ1v) is 10.2. The van der Waals surface area contributed by atoms with Gasteiger partial charge in [-0.3, -0.25) is 5.10 Å². The number of aryl methyl sites for hydroxylation is 1. The number of aromatic amines is 1. The van der Waals surface area contributed by atoms with Crippen LogP contribution < -0.4 is 10.2 Å². The molecule has 2 N–H and O–H groups in total. The summed E-state index contributed by atoms with van der Waals surface area (Å²) >= 11 is 1.70. The number of nitrogens with one attached hydrogen (secondary N) is 2. The smallest absolute Gasteiger partial charge is 0.189 e. The third-order valence-corrected chi connectivity index (χ3v) is 6.10. The molecule has 0 aliphatic carbocycles. The molecule has 5 heterocycles. The topological polar surface area (TPSA) is 79.0 Å². The van der Waals surface area contributed by atoms with Crippen LogP contribution in [0.1, 0.15) is 23.4 Å². The van der Waals surface area contributed by atoms with Crippen LogP contribution in [0.3, 0.4) is 0 Å². The van der Waals surface area contributed by atoms with Crippen molar-refractivity contribution in [2.75, 3.05) is 29.9 Å². The van der Waals surface area contributed by atoms with Crippen molar-refractivity contribution >= 4 is 28.1 Å². The van der Waals surface area contributed by atoms with Gasteiger partial charge < -0.3 is 15.0 Å². The van der Waals surface area contributed by atoms with Gasteiger partial charge in [0.15, 0.2) is 5.13 Å². The summed E-state index contributed by atoms with van der Waals surface area (Å²) in [6, 6.07) is 5.95. The summed E-state index contributed by atoms with van der Waals surface area (Å²) in [5.74, 6) is 1.88. The van der Waals surface area contributed by atoms with Crippen LogP contribution in [0.15, 0.2) is 24.4 Å². The van der Waals surface area contributed by atoms with Crippen LogP contribution in [0.4, 0.5) is 16.8 Å². The van der Waals surface area contributed by atoms with Gasteiger partial charge in [-0.15, -0.1) is 11.3 Å². The van der Waals surface area contributed by atoms with Crippen molar-refractivity contribution in [1.29, 1.82) is 0 Å². The lowest BCUT2D eigenvalue weighted by atomic mass is 10.2. The van der Waals surface area contributed by atoms with E-state index in [1.54, 1.807) is 11.3 Å². The molecule has 3 aromatic heterocycles. The van der Waals surface area contributed by atoms with Gasteiger partial charge >= 0.3 is 0 Å². The Morgan fingerprint density at radius 2 is 2.33 bits per heavy atom. The summed E-state index contributed by atoms with van der Waals surface area (Å²) < 4.78 is 5.84. The van der Waals surface area contributed by atoms with Crippen molar-refractivity contribution < 1.29 is 4.74 Å². The Morgan fingerprint density at radius 1 is 1.37 bits per heavy atom. The van der Waals surface area contributed by atoms with Gasteiger partial charge in [0.1, 0.15) is 11.6 Å². The van der Waals surface area contributed by atoms with Crippen LogP contribution in [0, 0.1) is 6.92 Å². The Hall–Kier alpha value is -2.45. The molecular formula is C19H22N6OS. The van der Waals surface area contributed by atoms with Crippen LogP contribution >= 0.6 is 11.3 Å². The number of anilines is 3. The molecule has 2 aliphatic heterocycles. The van der Waals surface area contributed by atoms with Gasteiger partial charge in [-0.2, -0.15) is 5.10 Å². The van der Waals surface area contributed by atoms with Crippen molar-refractivity contribution in [2.24, 2.45) is 0 Å². The SMILES string of the molecule is Cc1cccc(Nc2nc3c(s2)CCN(C[C@@H]2CCCO2)c2[nH]ncc2-3)n1. The number of H-pyrrole nitrogens is 1. The van der Waals surface area contributed by atoms with E-state index in [4.69, 9.17) is 9.72 Å². The predicted molar refractivity (Wildman–Crippen MR) is 107 cm³/mol. The Morgan fingerprint density at radius 3 is 3.19 bits per heavy atom. The molecule has 1 fully saturated rings. The van der Waals surface area contributed by atoms with E-state index in [1.807, 2.05) is 31.3 Å². The largest absolute Gasteiger partial charge is 0.376 e. The highest BCUT2D eigenvalue weighted by molar-refractivity contribution is 7.16. The minimum Gasteiger partial charge on any atom is -0.376 e. The fraction of sp³-hybridized carbons (Fsp3) is 0.421. The van der Waals surface area contributed by atoms with E-state index in [1.165, 1.54) is 4.88 Å². The zero-order valence-corrected chi connectivity index (χ0v) is 16.1. The lowest BCUT2D eigenvalue weighted by Crippen LogP contribution is -2.33. The van der Waals surface area contributed by atoms with Gasteiger partial charge in [0, 0.05) is 36.7 Å². The lowest BCUT2D eigenvalue weighted by molar-refractivity contribution is 0.115. The maximum Gasteiger partial charge on any atom is 0.189 e. The fourth-order valence-electron chi connectivity index (χ4n) is 3.77. The molecule has 0 saturated carbocycles. The number of fused-ring (bicyclic) bond motifs is 3. The standard InChI is InChI=1S/C19H22N6OS/c1-12-4-2-6-16(21-12)22-19-23-17-14-10-20-24-18(14)25(8-7-15(17)27-19)11-13-5-3-9-26-13/h2,4,6,10,13H,3,5,7-9,11H2,1H3,(H,20,24)(H,21,22,23)/t13-/m0/s1. The molecule has 0 aromatic carbocycles. The Labute approximate surface area is 161 Å². The normalized spacial score (nSPS) is 18.9. The number of ether oxygens (including phenoxy) is 1. The summed E-state index contributed by atoms with van der Waals surface area (Å²) in [4.78, 5) is 13.0. The summed E-state index contributed by atoms with van der Waals surface area (Å²) in [5, 5.41) is 11.7. The van der Waals surface area contributed by atoms with Gasteiger partial charge in [-0.25, -0.2) is 9.97 Å². The molecule has 0 unspecified atom stereocenters. The summed E-state index contributed by atoms with van der Waals surface area (Å²) in [6.07, 6.45) is 5.46. The first-order valence-electron chi connectivity index (χ1n) is 9.37. The van der Waals surface area contributed by atoms with Gasteiger partial charge in [0.05, 0.1) is 23.6 Å². The van der Waals surface area contributed by atoms with Crippen molar-refractivity contribution in [3.8, 4) is 11.3 Å². The minimum absolute atomic E-state index is 0.315. The monoisotopic (exact) mass is 382 g/mol. The Balaban J connectivity index is 1.42.